The maximum Gasteiger partial charge on any atom is 0.491 e. The first-order valence-corrected chi connectivity index (χ1v) is 16.4. The maximum absolute atomic E-state index is 15.1. The lowest BCUT2D eigenvalue weighted by atomic mass is 9.82. The van der Waals surface area contributed by atoms with Gasteiger partial charge >= 0.3 is 24.3 Å². The fraction of sp³-hybridized carbons (Fsp3) is 0.353. The van der Waals surface area contributed by atoms with Gasteiger partial charge in [0.25, 0.3) is 11.8 Å². The summed E-state index contributed by atoms with van der Waals surface area (Å²) in [4.78, 5) is 54.3. The Hall–Kier alpha value is -4.62. The van der Waals surface area contributed by atoms with Gasteiger partial charge < -0.3 is 35.2 Å². The molecule has 4 rings (SSSR count). The molecule has 0 aliphatic carbocycles. The molecule has 0 aromatic heterocycles. The van der Waals surface area contributed by atoms with Crippen LogP contribution in [0.15, 0.2) is 48.5 Å². The number of nitrogens with zero attached hydrogens (tertiary/aromatic N) is 2. The summed E-state index contributed by atoms with van der Waals surface area (Å²) in [6.07, 6.45) is -9.82. The highest BCUT2D eigenvalue weighted by Gasteiger charge is 2.57. The molecule has 294 valence electrons. The molecule has 3 aromatic carbocycles. The lowest BCUT2D eigenvalue weighted by molar-refractivity contribution is -0.190. The van der Waals surface area contributed by atoms with Gasteiger partial charge in [0.1, 0.15) is 10.8 Å². The molecule has 1 aliphatic heterocycles. The second kappa shape index (κ2) is 17.2. The third kappa shape index (κ3) is 8.84. The molecule has 54 heavy (non-hydrogen) atoms. The molecule has 0 bridgehead atoms. The Balaban J connectivity index is 0.00000784. The van der Waals surface area contributed by atoms with Gasteiger partial charge in [0.2, 0.25) is 0 Å². The lowest BCUT2D eigenvalue weighted by Gasteiger charge is -2.32. The number of fused-ring (bicyclic) bond motifs is 1. The number of anilines is 1. The van der Waals surface area contributed by atoms with Crippen molar-refractivity contribution in [1.82, 2.24) is 10.2 Å². The van der Waals surface area contributed by atoms with E-state index in [1.54, 1.807) is 0 Å². The number of carbonyl (C=O) groups excluding carboxylic acids is 4. The number of benzene rings is 3. The third-order valence-electron chi connectivity index (χ3n) is 8.08. The van der Waals surface area contributed by atoms with E-state index < -0.39 is 76.0 Å². The first-order valence-electron chi connectivity index (χ1n) is 15.6. The number of ether oxygens (including phenoxy) is 3. The molecule has 1 unspecified atom stereocenters. The quantitative estimate of drug-likeness (QED) is 0.100. The molecule has 1 heterocycles. The maximum atomic E-state index is 15.1. The largest absolute Gasteiger partial charge is 0.496 e. The summed E-state index contributed by atoms with van der Waals surface area (Å²) in [5, 5.41) is 1.78. The zero-order chi connectivity index (χ0) is 39.5. The molecule has 0 fully saturated rings. The summed E-state index contributed by atoms with van der Waals surface area (Å²) in [6.45, 7) is -0.198. The number of nitrogens with one attached hydrogen (secondary N) is 1. The van der Waals surface area contributed by atoms with E-state index in [4.69, 9.17) is 38.4 Å². The van der Waals surface area contributed by atoms with Crippen molar-refractivity contribution in [3.8, 4) is 17.2 Å². The molecule has 1 aliphatic rings. The van der Waals surface area contributed by atoms with Crippen LogP contribution >= 0.6 is 23.2 Å². The van der Waals surface area contributed by atoms with Crippen molar-refractivity contribution in [3.63, 3.8) is 0 Å². The predicted molar refractivity (Wildman–Crippen MR) is 184 cm³/mol. The van der Waals surface area contributed by atoms with Crippen molar-refractivity contribution in [2.45, 2.75) is 43.7 Å². The van der Waals surface area contributed by atoms with Gasteiger partial charge in [-0.1, -0.05) is 53.9 Å². The van der Waals surface area contributed by atoms with Gasteiger partial charge in [-0.05, 0) is 44.1 Å². The molecule has 20 heteroatoms. The Bertz CT molecular complexity index is 1910. The number of rotatable bonds is 13. The number of alkyl halides is 6. The minimum atomic E-state index is -5.67. The van der Waals surface area contributed by atoms with Gasteiger partial charge in [-0.25, -0.2) is 9.59 Å². The highest BCUT2D eigenvalue weighted by molar-refractivity contribution is 6.35. The van der Waals surface area contributed by atoms with Crippen molar-refractivity contribution in [2.75, 3.05) is 39.2 Å². The topological polar surface area (TPSA) is 172 Å². The number of hydrogen-bond donors (Lipinski definition) is 2. The average Bonchev–Trinajstić information content (AvgIpc) is 3.31. The van der Waals surface area contributed by atoms with Crippen LogP contribution in [0.3, 0.4) is 0 Å². The number of hydrogen-bond acceptors (Lipinski definition) is 9. The monoisotopic (exact) mass is 810 g/mol. The highest BCUT2D eigenvalue weighted by Crippen LogP contribution is 2.56. The summed E-state index contributed by atoms with van der Waals surface area (Å²) in [6, 6.07) is 10.6. The van der Waals surface area contributed by atoms with E-state index in [9.17, 15) is 40.7 Å². The zero-order valence-corrected chi connectivity index (χ0v) is 30.2. The first-order chi connectivity index (χ1) is 24.8. The molecule has 0 saturated carbocycles. The number of amides is 2. The molecule has 3 aromatic rings. The molecule has 0 radical (unpaired) electrons. The van der Waals surface area contributed by atoms with Crippen LogP contribution in [-0.4, -0.2) is 80.8 Å². The fourth-order valence-corrected chi connectivity index (χ4v) is 6.16. The number of esters is 2. The zero-order valence-electron chi connectivity index (χ0n) is 28.7. The standard InChI is InChI=1S/C34H32Cl2F6N4O7.H2O/c1-45(2)28(47)18-11-12-19(23(15-18)51-3)17-46-22-16-24(52-30(49)33(37,38)39)26(36)27(53-31(50)34(40,41)42)25(22)32(29(46)48,44-14-8-4-7-13-43)20-9-5-6-10-21(20)35;/h5-6,9-12,15-16,44H,4,7-8,13-14,17,43H2,1-3H3;1H2. The van der Waals surface area contributed by atoms with E-state index in [1.807, 2.05) is 0 Å². The summed E-state index contributed by atoms with van der Waals surface area (Å²) >= 11 is 13.0. The second-order valence-electron chi connectivity index (χ2n) is 11.8. The molecule has 12 nitrogen and oxygen atoms in total. The minimum absolute atomic E-state index is 0. The van der Waals surface area contributed by atoms with Crippen LogP contribution in [0.1, 0.15) is 46.3 Å². The Labute approximate surface area is 314 Å². The summed E-state index contributed by atoms with van der Waals surface area (Å²) in [5.41, 5.74) is 2.60. The second-order valence-corrected chi connectivity index (χ2v) is 12.6. The Morgan fingerprint density at radius 3 is 2.11 bits per heavy atom. The Morgan fingerprint density at radius 1 is 0.907 bits per heavy atom. The minimum Gasteiger partial charge on any atom is -0.496 e. The molecule has 1 atom stereocenters. The number of carbonyl (C=O) groups is 4. The van der Waals surface area contributed by atoms with Crippen LogP contribution < -0.4 is 30.2 Å². The van der Waals surface area contributed by atoms with Crippen molar-refractivity contribution >= 4 is 52.6 Å². The van der Waals surface area contributed by atoms with Crippen molar-refractivity contribution in [2.24, 2.45) is 5.73 Å². The van der Waals surface area contributed by atoms with Crippen molar-refractivity contribution < 1.29 is 65.2 Å². The molecule has 0 saturated heterocycles. The van der Waals surface area contributed by atoms with E-state index in [1.165, 1.54) is 68.6 Å². The van der Waals surface area contributed by atoms with Crippen LogP contribution in [0.4, 0.5) is 32.0 Å². The van der Waals surface area contributed by atoms with Crippen LogP contribution in [0.25, 0.3) is 0 Å². The normalized spacial score (nSPS) is 15.3. The van der Waals surface area contributed by atoms with E-state index in [0.717, 1.165) is 11.0 Å². The SMILES string of the molecule is COc1cc(C(=O)N(C)C)ccc1CN1C(=O)C(NCCCCCN)(c2ccccc2Cl)c2c1cc(OC(=O)C(F)(F)F)c(Cl)c2OC(=O)C(F)(F)F.O. The van der Waals surface area contributed by atoms with E-state index in [2.05, 4.69) is 10.1 Å². The van der Waals surface area contributed by atoms with E-state index in [-0.39, 0.29) is 39.5 Å². The van der Waals surface area contributed by atoms with Crippen molar-refractivity contribution in [1.29, 1.82) is 0 Å². The lowest BCUT2D eigenvalue weighted by Crippen LogP contribution is -2.52. The average molecular weight is 812 g/mol. The molecule has 0 spiro atoms. The third-order valence-corrected chi connectivity index (χ3v) is 8.76. The van der Waals surface area contributed by atoms with Gasteiger partial charge in [-0.2, -0.15) is 26.3 Å². The number of methoxy groups -OCH3 is 1. The van der Waals surface area contributed by atoms with Gasteiger partial charge in [0, 0.05) is 41.9 Å². The molecule has 2 amide bonds. The highest BCUT2D eigenvalue weighted by atomic mass is 35.5. The number of halogens is 8. The molecular weight excluding hydrogens is 777 g/mol. The molecular formula is C34H34Cl2F6N4O8. The number of unbranched alkanes of at least 4 members (excludes halogenated alkanes) is 2. The van der Waals surface area contributed by atoms with Crippen LogP contribution in [0.5, 0.6) is 17.2 Å². The van der Waals surface area contributed by atoms with E-state index >= 15 is 4.79 Å². The van der Waals surface area contributed by atoms with Gasteiger partial charge in [0.15, 0.2) is 17.0 Å². The Morgan fingerprint density at radius 2 is 1.54 bits per heavy atom. The Kier molecular flexibility index (Phi) is 14.0. The predicted octanol–water partition coefficient (Wildman–Crippen LogP) is 5.32. The van der Waals surface area contributed by atoms with Gasteiger partial charge in [-0.15, -0.1) is 0 Å². The fourth-order valence-electron chi connectivity index (χ4n) is 5.66. The summed E-state index contributed by atoms with van der Waals surface area (Å²) < 4.78 is 96.1. The first kappa shape index (κ1) is 43.8. The number of nitrogens with two attached hydrogens (primary N) is 1. The van der Waals surface area contributed by atoms with Crippen LogP contribution in [-0.2, 0) is 26.5 Å². The summed E-state index contributed by atoms with van der Waals surface area (Å²) in [5.74, 6) is -9.40. The van der Waals surface area contributed by atoms with E-state index in [0.29, 0.717) is 25.8 Å². The van der Waals surface area contributed by atoms with Crippen LogP contribution in [0.2, 0.25) is 10.0 Å². The van der Waals surface area contributed by atoms with Gasteiger partial charge in [0.05, 0.1) is 24.9 Å². The smallest absolute Gasteiger partial charge is 0.491 e. The van der Waals surface area contributed by atoms with Gasteiger partial charge in [-0.3, -0.25) is 14.9 Å². The van der Waals surface area contributed by atoms with Crippen LogP contribution in [0, 0.1) is 0 Å². The molecule has 5 N–H and O–H groups in total. The summed E-state index contributed by atoms with van der Waals surface area (Å²) in [7, 11) is 4.29. The van der Waals surface area contributed by atoms with Crippen molar-refractivity contribution in [3.05, 3.63) is 80.8 Å².